The molecule has 0 bridgehead atoms. The summed E-state index contributed by atoms with van der Waals surface area (Å²) >= 11 is 0. The second-order valence-electron chi connectivity index (χ2n) is 5.43. The average Bonchev–Trinajstić information content (AvgIpc) is 2.50. The lowest BCUT2D eigenvalue weighted by atomic mass is 10.1. The predicted octanol–water partition coefficient (Wildman–Crippen LogP) is 2.68. The molecule has 1 aromatic carbocycles. The highest BCUT2D eigenvalue weighted by molar-refractivity contribution is 7.89. The first-order valence-corrected chi connectivity index (χ1v) is 9.25. The van der Waals surface area contributed by atoms with Crippen LogP contribution in [-0.2, 0) is 23.0 Å². The maximum absolute atomic E-state index is 12.3. The molecule has 0 aromatic heterocycles. The van der Waals surface area contributed by atoms with Crippen LogP contribution in [-0.4, -0.2) is 21.5 Å². The van der Waals surface area contributed by atoms with Crippen molar-refractivity contribution in [1.29, 1.82) is 0 Å². The van der Waals surface area contributed by atoms with Gasteiger partial charge in [0.1, 0.15) is 0 Å². The molecule has 0 saturated heterocycles. The van der Waals surface area contributed by atoms with E-state index in [1.807, 2.05) is 19.9 Å². The summed E-state index contributed by atoms with van der Waals surface area (Å²) < 4.78 is 27.4. The molecule has 4 nitrogen and oxygen atoms in total. The molecule has 0 aliphatic heterocycles. The highest BCUT2D eigenvalue weighted by atomic mass is 32.2. The number of hydrogen-bond donors (Lipinski definition) is 2. The smallest absolute Gasteiger partial charge is 0.240 e. The minimum atomic E-state index is -3.42. The summed E-state index contributed by atoms with van der Waals surface area (Å²) in [6.07, 6.45) is 1.87. The Bertz CT molecular complexity index is 541. The lowest BCUT2D eigenvalue weighted by molar-refractivity contribution is 0.528. The van der Waals surface area contributed by atoms with Crippen LogP contribution in [0.3, 0.4) is 0 Å². The first-order chi connectivity index (χ1) is 9.94. The fraction of sp³-hybridized carbons (Fsp3) is 0.625. The molecule has 0 saturated carbocycles. The van der Waals surface area contributed by atoms with Gasteiger partial charge in [-0.1, -0.05) is 40.2 Å². The molecule has 21 heavy (non-hydrogen) atoms. The van der Waals surface area contributed by atoms with Crippen molar-refractivity contribution < 1.29 is 8.42 Å². The van der Waals surface area contributed by atoms with Gasteiger partial charge in [-0.25, -0.2) is 13.1 Å². The standard InChI is InChI=1S/C16H28N2O2S/c1-5-13(4)11-18-21(19,20)16-9-8-14(6-2)15(10-16)12-17-7-3/h8-10,13,17-18H,5-7,11-12H2,1-4H3. The quantitative estimate of drug-likeness (QED) is 0.737. The molecule has 0 fully saturated rings. The molecule has 0 radical (unpaired) electrons. The van der Waals surface area contributed by atoms with Crippen LogP contribution < -0.4 is 10.0 Å². The van der Waals surface area contributed by atoms with E-state index in [2.05, 4.69) is 23.9 Å². The number of sulfonamides is 1. The number of benzene rings is 1. The van der Waals surface area contributed by atoms with E-state index in [-0.39, 0.29) is 0 Å². The Kier molecular flexibility index (Phi) is 7.35. The van der Waals surface area contributed by atoms with Crippen molar-refractivity contribution in [3.8, 4) is 0 Å². The number of nitrogens with one attached hydrogen (secondary N) is 2. The highest BCUT2D eigenvalue weighted by Gasteiger charge is 2.16. The lowest BCUT2D eigenvalue weighted by Crippen LogP contribution is -2.28. The van der Waals surface area contributed by atoms with E-state index in [1.54, 1.807) is 12.1 Å². The molecule has 0 heterocycles. The summed E-state index contributed by atoms with van der Waals surface area (Å²) in [5.41, 5.74) is 2.25. The molecule has 0 spiro atoms. The zero-order valence-electron chi connectivity index (χ0n) is 13.6. The van der Waals surface area contributed by atoms with Gasteiger partial charge in [-0.15, -0.1) is 0 Å². The van der Waals surface area contributed by atoms with Gasteiger partial charge in [0.05, 0.1) is 4.90 Å². The van der Waals surface area contributed by atoms with Gasteiger partial charge in [-0.3, -0.25) is 0 Å². The fourth-order valence-corrected chi connectivity index (χ4v) is 3.23. The van der Waals surface area contributed by atoms with Crippen molar-refractivity contribution in [3.63, 3.8) is 0 Å². The second kappa shape index (κ2) is 8.51. The third-order valence-corrected chi connectivity index (χ3v) is 5.17. The van der Waals surface area contributed by atoms with Gasteiger partial charge in [0, 0.05) is 13.1 Å². The van der Waals surface area contributed by atoms with Gasteiger partial charge in [-0.05, 0) is 42.1 Å². The van der Waals surface area contributed by atoms with E-state index >= 15 is 0 Å². The highest BCUT2D eigenvalue weighted by Crippen LogP contribution is 2.17. The minimum absolute atomic E-state index is 0.343. The zero-order chi connectivity index (χ0) is 15.9. The van der Waals surface area contributed by atoms with Crippen molar-refractivity contribution in [3.05, 3.63) is 29.3 Å². The van der Waals surface area contributed by atoms with Gasteiger partial charge >= 0.3 is 0 Å². The minimum Gasteiger partial charge on any atom is -0.313 e. The molecule has 1 unspecified atom stereocenters. The Hall–Kier alpha value is -0.910. The van der Waals surface area contributed by atoms with E-state index in [4.69, 9.17) is 0 Å². The largest absolute Gasteiger partial charge is 0.313 e. The molecule has 1 rings (SSSR count). The van der Waals surface area contributed by atoms with Crippen molar-refractivity contribution >= 4 is 10.0 Å². The monoisotopic (exact) mass is 312 g/mol. The van der Waals surface area contributed by atoms with Crippen LogP contribution in [0.2, 0.25) is 0 Å². The maximum atomic E-state index is 12.3. The summed E-state index contributed by atoms with van der Waals surface area (Å²) in [4.78, 5) is 0.357. The molecular weight excluding hydrogens is 284 g/mol. The molecular formula is C16H28N2O2S. The predicted molar refractivity (Wildman–Crippen MR) is 87.8 cm³/mol. The first kappa shape index (κ1) is 18.1. The van der Waals surface area contributed by atoms with E-state index in [0.29, 0.717) is 23.9 Å². The second-order valence-corrected chi connectivity index (χ2v) is 7.20. The molecule has 5 heteroatoms. The van der Waals surface area contributed by atoms with Crippen LogP contribution in [0.1, 0.15) is 45.2 Å². The third-order valence-electron chi connectivity index (χ3n) is 3.75. The SMILES string of the molecule is CCNCc1cc(S(=O)(=O)NCC(C)CC)ccc1CC. The van der Waals surface area contributed by atoms with Gasteiger partial charge in [0.2, 0.25) is 10.0 Å². The first-order valence-electron chi connectivity index (χ1n) is 7.76. The topological polar surface area (TPSA) is 58.2 Å². The molecule has 120 valence electrons. The molecule has 2 N–H and O–H groups in total. The van der Waals surface area contributed by atoms with E-state index < -0.39 is 10.0 Å². The lowest BCUT2D eigenvalue weighted by Gasteiger charge is -2.14. The van der Waals surface area contributed by atoms with Crippen molar-refractivity contribution in [2.24, 2.45) is 5.92 Å². The van der Waals surface area contributed by atoms with Crippen LogP contribution in [0.25, 0.3) is 0 Å². The van der Waals surface area contributed by atoms with Crippen LogP contribution in [0.4, 0.5) is 0 Å². The summed E-state index contributed by atoms with van der Waals surface area (Å²) in [5, 5.41) is 3.26. The Labute approximate surface area is 129 Å². The normalized spacial score (nSPS) is 13.3. The molecule has 0 aliphatic carbocycles. The molecule has 1 aromatic rings. The Balaban J connectivity index is 2.95. The van der Waals surface area contributed by atoms with Crippen LogP contribution in [0.5, 0.6) is 0 Å². The Morgan fingerprint density at radius 3 is 2.43 bits per heavy atom. The number of hydrogen-bond acceptors (Lipinski definition) is 3. The zero-order valence-corrected chi connectivity index (χ0v) is 14.4. The van der Waals surface area contributed by atoms with Crippen LogP contribution >= 0.6 is 0 Å². The summed E-state index contributed by atoms with van der Waals surface area (Å²) in [5.74, 6) is 0.343. The van der Waals surface area contributed by atoms with Gasteiger partial charge in [0.25, 0.3) is 0 Å². The number of rotatable bonds is 9. The van der Waals surface area contributed by atoms with E-state index in [1.165, 1.54) is 5.56 Å². The van der Waals surface area contributed by atoms with Gasteiger partial charge in [-0.2, -0.15) is 0 Å². The van der Waals surface area contributed by atoms with Crippen LogP contribution in [0, 0.1) is 5.92 Å². The van der Waals surface area contributed by atoms with Gasteiger partial charge in [0.15, 0.2) is 0 Å². The van der Waals surface area contributed by atoms with Crippen LogP contribution in [0.15, 0.2) is 23.1 Å². The Morgan fingerprint density at radius 1 is 1.14 bits per heavy atom. The molecule has 0 amide bonds. The maximum Gasteiger partial charge on any atom is 0.240 e. The van der Waals surface area contributed by atoms with Crippen molar-refractivity contribution in [2.45, 2.75) is 52.0 Å². The summed E-state index contributed by atoms with van der Waals surface area (Å²) in [6.45, 7) is 10.3. The van der Waals surface area contributed by atoms with E-state index in [9.17, 15) is 8.42 Å². The molecule has 1 atom stereocenters. The van der Waals surface area contributed by atoms with Crippen molar-refractivity contribution in [2.75, 3.05) is 13.1 Å². The average molecular weight is 312 g/mol. The van der Waals surface area contributed by atoms with E-state index in [0.717, 1.165) is 24.9 Å². The van der Waals surface area contributed by atoms with Crippen molar-refractivity contribution in [1.82, 2.24) is 10.0 Å². The number of aryl methyl sites for hydroxylation is 1. The molecule has 0 aliphatic rings. The fourth-order valence-electron chi connectivity index (χ4n) is 2.02. The third kappa shape index (κ3) is 5.41. The summed E-state index contributed by atoms with van der Waals surface area (Å²) in [7, 11) is -3.42. The Morgan fingerprint density at radius 2 is 1.86 bits per heavy atom. The van der Waals surface area contributed by atoms with Gasteiger partial charge < -0.3 is 5.32 Å². The summed E-state index contributed by atoms with van der Waals surface area (Å²) in [6, 6.07) is 5.41.